The fourth-order valence-electron chi connectivity index (χ4n) is 3.43. The summed E-state index contributed by atoms with van der Waals surface area (Å²) in [5.41, 5.74) is 1.85. The molecule has 0 saturated carbocycles. The zero-order valence-corrected chi connectivity index (χ0v) is 22.9. The lowest BCUT2D eigenvalue weighted by atomic mass is 10.0. The van der Waals surface area contributed by atoms with Crippen LogP contribution in [0.4, 0.5) is 10.5 Å². The summed E-state index contributed by atoms with van der Waals surface area (Å²) >= 11 is 6.62. The van der Waals surface area contributed by atoms with E-state index >= 15 is 0 Å². The van der Waals surface area contributed by atoms with Crippen molar-refractivity contribution in [2.24, 2.45) is 0 Å². The Labute approximate surface area is 224 Å². The van der Waals surface area contributed by atoms with Gasteiger partial charge in [-0.05, 0) is 83.4 Å². The van der Waals surface area contributed by atoms with E-state index in [9.17, 15) is 22.8 Å². The normalized spacial score (nSPS) is 15.3. The van der Waals surface area contributed by atoms with Crippen LogP contribution < -0.4 is 14.4 Å². The van der Waals surface area contributed by atoms with Gasteiger partial charge in [0.2, 0.25) is 0 Å². The number of carbonyl (C=O) groups excluding carboxylic acids is 3. The Morgan fingerprint density at radius 3 is 2.28 bits per heavy atom. The van der Waals surface area contributed by atoms with Gasteiger partial charge in [-0.2, -0.15) is 8.42 Å². The summed E-state index contributed by atoms with van der Waals surface area (Å²) in [6.45, 7) is 3.73. The summed E-state index contributed by atoms with van der Waals surface area (Å²) < 4.78 is 32.0. The highest BCUT2D eigenvalue weighted by molar-refractivity contribution is 9.11. The monoisotopic (exact) mass is 632 g/mol. The SMILES string of the molecule is Cc1ccc(N2C(=O)NC(=O)/C(=C\c3cc(Br)cc(Br)c3OS(=O)(=O)c3ccccc3)C2=O)cc1C. The average molecular weight is 634 g/mol. The van der Waals surface area contributed by atoms with E-state index in [1.54, 1.807) is 42.5 Å². The Morgan fingerprint density at radius 1 is 0.917 bits per heavy atom. The molecule has 8 nitrogen and oxygen atoms in total. The third-order valence-corrected chi connectivity index (χ3v) is 7.69. The van der Waals surface area contributed by atoms with Crippen molar-refractivity contribution in [2.75, 3.05) is 4.90 Å². The molecule has 184 valence electrons. The van der Waals surface area contributed by atoms with E-state index in [1.807, 2.05) is 13.8 Å². The summed E-state index contributed by atoms with van der Waals surface area (Å²) in [5.74, 6) is -1.91. The molecule has 36 heavy (non-hydrogen) atoms. The lowest BCUT2D eigenvalue weighted by Gasteiger charge is -2.27. The van der Waals surface area contributed by atoms with Gasteiger partial charge in [-0.3, -0.25) is 14.9 Å². The molecule has 1 fully saturated rings. The van der Waals surface area contributed by atoms with Crippen molar-refractivity contribution in [2.45, 2.75) is 18.7 Å². The van der Waals surface area contributed by atoms with Gasteiger partial charge in [0, 0.05) is 10.0 Å². The van der Waals surface area contributed by atoms with Crippen LogP contribution in [0.25, 0.3) is 6.08 Å². The van der Waals surface area contributed by atoms with Crippen LogP contribution in [0.3, 0.4) is 0 Å². The highest BCUT2D eigenvalue weighted by atomic mass is 79.9. The average Bonchev–Trinajstić information content (AvgIpc) is 2.81. The molecule has 1 aliphatic rings. The third-order valence-electron chi connectivity index (χ3n) is 5.41. The number of hydrogen-bond acceptors (Lipinski definition) is 6. The number of carbonyl (C=O) groups is 3. The summed E-state index contributed by atoms with van der Waals surface area (Å²) in [4.78, 5) is 39.3. The minimum absolute atomic E-state index is 0.0728. The highest BCUT2D eigenvalue weighted by Crippen LogP contribution is 2.37. The molecular formula is C25H18Br2N2O6S. The van der Waals surface area contributed by atoms with E-state index in [1.165, 1.54) is 24.3 Å². The van der Waals surface area contributed by atoms with Gasteiger partial charge in [0.15, 0.2) is 5.75 Å². The van der Waals surface area contributed by atoms with Gasteiger partial charge in [0.1, 0.15) is 10.5 Å². The van der Waals surface area contributed by atoms with E-state index in [0.717, 1.165) is 16.0 Å². The molecule has 1 aliphatic heterocycles. The van der Waals surface area contributed by atoms with E-state index in [0.29, 0.717) is 4.47 Å². The predicted molar refractivity (Wildman–Crippen MR) is 141 cm³/mol. The molecule has 3 aromatic rings. The second-order valence-electron chi connectivity index (χ2n) is 7.88. The maximum Gasteiger partial charge on any atom is 0.339 e. The lowest BCUT2D eigenvalue weighted by Crippen LogP contribution is -2.54. The van der Waals surface area contributed by atoms with Crippen LogP contribution in [0.5, 0.6) is 5.75 Å². The van der Waals surface area contributed by atoms with Crippen LogP contribution in [-0.2, 0) is 19.7 Å². The zero-order valence-electron chi connectivity index (χ0n) is 18.9. The van der Waals surface area contributed by atoms with E-state index in [-0.39, 0.29) is 31.9 Å². The van der Waals surface area contributed by atoms with Crippen LogP contribution in [0, 0.1) is 13.8 Å². The quantitative estimate of drug-likeness (QED) is 0.233. The van der Waals surface area contributed by atoms with Gasteiger partial charge in [-0.15, -0.1) is 0 Å². The molecule has 11 heteroatoms. The third kappa shape index (κ3) is 5.13. The van der Waals surface area contributed by atoms with Crippen LogP contribution >= 0.6 is 31.9 Å². The van der Waals surface area contributed by atoms with Gasteiger partial charge < -0.3 is 4.18 Å². The lowest BCUT2D eigenvalue weighted by molar-refractivity contribution is -0.122. The highest BCUT2D eigenvalue weighted by Gasteiger charge is 2.37. The number of hydrogen-bond donors (Lipinski definition) is 1. The number of anilines is 1. The Kier molecular flexibility index (Phi) is 7.17. The Bertz CT molecular complexity index is 1550. The zero-order chi connectivity index (χ0) is 26.2. The number of amides is 4. The first kappa shape index (κ1) is 25.8. The fraction of sp³-hybridized carbons (Fsp3) is 0.0800. The molecule has 1 saturated heterocycles. The minimum Gasteiger partial charge on any atom is -0.377 e. The Balaban J connectivity index is 1.80. The number of halogens is 2. The van der Waals surface area contributed by atoms with Crippen molar-refractivity contribution in [3.05, 3.63) is 91.9 Å². The smallest absolute Gasteiger partial charge is 0.339 e. The second-order valence-corrected chi connectivity index (χ2v) is 11.2. The predicted octanol–water partition coefficient (Wildman–Crippen LogP) is 5.26. The maximum absolute atomic E-state index is 13.3. The molecule has 0 bridgehead atoms. The number of urea groups is 1. The molecule has 0 unspecified atom stereocenters. The first-order chi connectivity index (χ1) is 17.0. The van der Waals surface area contributed by atoms with Crippen LogP contribution in [-0.4, -0.2) is 26.3 Å². The van der Waals surface area contributed by atoms with Gasteiger partial charge >= 0.3 is 16.1 Å². The molecule has 3 aromatic carbocycles. The first-order valence-corrected chi connectivity index (χ1v) is 13.4. The van der Waals surface area contributed by atoms with Gasteiger partial charge in [-0.25, -0.2) is 9.69 Å². The molecule has 0 spiro atoms. The molecular weight excluding hydrogens is 616 g/mol. The van der Waals surface area contributed by atoms with Gasteiger partial charge in [0.05, 0.1) is 10.2 Å². The summed E-state index contributed by atoms with van der Waals surface area (Å²) in [7, 11) is -4.24. The number of nitrogens with one attached hydrogen (secondary N) is 1. The van der Waals surface area contributed by atoms with Gasteiger partial charge in [-0.1, -0.05) is 40.2 Å². The van der Waals surface area contributed by atoms with Crippen LogP contribution in [0.2, 0.25) is 0 Å². The van der Waals surface area contributed by atoms with E-state index in [2.05, 4.69) is 37.2 Å². The Hall–Kier alpha value is -3.28. The van der Waals surface area contributed by atoms with Crippen molar-refractivity contribution in [3.63, 3.8) is 0 Å². The number of nitrogens with zero attached hydrogens (tertiary/aromatic N) is 1. The van der Waals surface area contributed by atoms with Crippen molar-refractivity contribution in [3.8, 4) is 5.75 Å². The first-order valence-electron chi connectivity index (χ1n) is 10.5. The Morgan fingerprint density at radius 2 is 1.61 bits per heavy atom. The molecule has 0 aliphatic carbocycles. The molecule has 4 amide bonds. The van der Waals surface area contributed by atoms with Crippen molar-refractivity contribution in [1.29, 1.82) is 0 Å². The largest absolute Gasteiger partial charge is 0.377 e. The summed E-state index contributed by atoms with van der Waals surface area (Å²) in [6, 6.07) is 14.7. The molecule has 0 atom stereocenters. The van der Waals surface area contributed by atoms with Crippen molar-refractivity contribution >= 4 is 71.6 Å². The van der Waals surface area contributed by atoms with Crippen LogP contribution in [0.1, 0.15) is 16.7 Å². The number of aryl methyl sites for hydroxylation is 2. The summed E-state index contributed by atoms with van der Waals surface area (Å²) in [5, 5.41) is 2.16. The van der Waals surface area contributed by atoms with Gasteiger partial charge in [0.25, 0.3) is 11.8 Å². The number of imide groups is 2. The fourth-order valence-corrected chi connectivity index (χ4v) is 5.87. The van der Waals surface area contributed by atoms with Crippen LogP contribution in [0.15, 0.2) is 80.1 Å². The maximum atomic E-state index is 13.3. The van der Waals surface area contributed by atoms with Crippen molar-refractivity contribution < 1.29 is 27.0 Å². The number of benzene rings is 3. The minimum atomic E-state index is -4.24. The topological polar surface area (TPSA) is 110 Å². The molecule has 4 rings (SSSR count). The summed E-state index contributed by atoms with van der Waals surface area (Å²) in [6.07, 6.45) is 1.18. The standard InChI is InChI=1S/C25H18Br2N2O6S/c1-14-8-9-18(10-15(14)2)29-24(31)20(23(30)28-25(29)32)12-16-11-17(26)13-21(27)22(16)35-36(33,34)19-6-4-3-5-7-19/h3-13H,1-2H3,(H,28,30,32)/b20-12+. The van der Waals surface area contributed by atoms with Crippen molar-refractivity contribution in [1.82, 2.24) is 5.32 Å². The van der Waals surface area contributed by atoms with E-state index < -0.39 is 28.0 Å². The van der Waals surface area contributed by atoms with E-state index in [4.69, 9.17) is 4.18 Å². The second kappa shape index (κ2) is 10.00. The molecule has 1 heterocycles. The molecule has 1 N–H and O–H groups in total. The molecule has 0 aromatic heterocycles. The molecule has 0 radical (unpaired) electrons. The number of barbiturate groups is 1. The number of rotatable bonds is 5.